The van der Waals surface area contributed by atoms with E-state index in [1.54, 1.807) is 0 Å². The van der Waals surface area contributed by atoms with Crippen molar-refractivity contribution in [2.45, 2.75) is 18.9 Å². The maximum absolute atomic E-state index is 13.1. The van der Waals surface area contributed by atoms with Crippen LogP contribution in [0.15, 0.2) is 60.8 Å². The number of hydrogen-bond donors (Lipinski definition) is 1. The molecule has 1 aliphatic rings. The Morgan fingerprint density at radius 3 is 2.81 bits per heavy atom. The lowest BCUT2D eigenvalue weighted by Crippen LogP contribution is -2.31. The van der Waals surface area contributed by atoms with Crippen LogP contribution in [-0.4, -0.2) is 42.1 Å². The van der Waals surface area contributed by atoms with Gasteiger partial charge in [0.1, 0.15) is 5.69 Å². The average Bonchev–Trinajstić information content (AvgIpc) is 3.46. The van der Waals surface area contributed by atoms with E-state index in [-0.39, 0.29) is 11.9 Å². The number of carbonyl (C=O) groups is 1. The fourth-order valence-electron chi connectivity index (χ4n) is 3.71. The SMILES string of the molecule is O=C(c1cc(-c2ccccc2)n[nH]1)N1CCCC1c1nnc2ccccn12. The third-order valence-electron chi connectivity index (χ3n) is 5.03. The molecule has 1 fully saturated rings. The van der Waals surface area contributed by atoms with Crippen LogP contribution >= 0.6 is 0 Å². The molecule has 4 heterocycles. The van der Waals surface area contributed by atoms with Gasteiger partial charge < -0.3 is 4.90 Å². The number of aromatic amines is 1. The molecule has 0 aliphatic carbocycles. The van der Waals surface area contributed by atoms with E-state index in [1.165, 1.54) is 0 Å². The van der Waals surface area contributed by atoms with Gasteiger partial charge in [0.05, 0.1) is 11.7 Å². The summed E-state index contributed by atoms with van der Waals surface area (Å²) in [5.74, 6) is 0.749. The van der Waals surface area contributed by atoms with E-state index in [9.17, 15) is 4.79 Å². The highest BCUT2D eigenvalue weighted by molar-refractivity contribution is 5.93. The van der Waals surface area contributed by atoms with Crippen molar-refractivity contribution >= 4 is 11.6 Å². The minimum Gasteiger partial charge on any atom is -0.327 e. The first-order valence-corrected chi connectivity index (χ1v) is 9.03. The molecule has 1 amide bonds. The van der Waals surface area contributed by atoms with Crippen molar-refractivity contribution in [3.8, 4) is 11.3 Å². The molecule has 3 aromatic heterocycles. The first kappa shape index (κ1) is 15.7. The van der Waals surface area contributed by atoms with Crippen LogP contribution in [0.4, 0.5) is 0 Å². The molecular formula is C20H18N6O. The molecule has 0 saturated carbocycles. The quantitative estimate of drug-likeness (QED) is 0.610. The van der Waals surface area contributed by atoms with Gasteiger partial charge in [-0.25, -0.2) is 0 Å². The van der Waals surface area contributed by atoms with E-state index in [2.05, 4.69) is 20.4 Å². The Balaban J connectivity index is 1.45. The number of likely N-dealkylation sites (tertiary alicyclic amines) is 1. The van der Waals surface area contributed by atoms with Gasteiger partial charge >= 0.3 is 0 Å². The number of amides is 1. The number of nitrogens with one attached hydrogen (secondary N) is 1. The van der Waals surface area contributed by atoms with Crippen molar-refractivity contribution in [2.24, 2.45) is 0 Å². The summed E-state index contributed by atoms with van der Waals surface area (Å²) in [5.41, 5.74) is 3.03. The summed E-state index contributed by atoms with van der Waals surface area (Å²) in [6.07, 6.45) is 3.76. The number of hydrogen-bond acceptors (Lipinski definition) is 4. The van der Waals surface area contributed by atoms with E-state index >= 15 is 0 Å². The number of rotatable bonds is 3. The molecule has 1 aromatic carbocycles. The van der Waals surface area contributed by atoms with Gasteiger partial charge in [-0.3, -0.25) is 14.3 Å². The molecule has 0 bridgehead atoms. The highest BCUT2D eigenvalue weighted by Gasteiger charge is 2.34. The Morgan fingerprint density at radius 2 is 1.93 bits per heavy atom. The zero-order valence-corrected chi connectivity index (χ0v) is 14.6. The van der Waals surface area contributed by atoms with Crippen LogP contribution in [-0.2, 0) is 0 Å². The van der Waals surface area contributed by atoms with Gasteiger partial charge in [-0.2, -0.15) is 5.10 Å². The normalized spacial score (nSPS) is 16.9. The zero-order chi connectivity index (χ0) is 18.2. The Labute approximate surface area is 155 Å². The Morgan fingerprint density at radius 1 is 1.07 bits per heavy atom. The van der Waals surface area contributed by atoms with Crippen LogP contribution < -0.4 is 0 Å². The van der Waals surface area contributed by atoms with Crippen LogP contribution in [0.1, 0.15) is 35.2 Å². The molecule has 1 N–H and O–H groups in total. The molecule has 27 heavy (non-hydrogen) atoms. The van der Waals surface area contributed by atoms with E-state index in [4.69, 9.17) is 0 Å². The Kier molecular flexibility index (Phi) is 3.71. The lowest BCUT2D eigenvalue weighted by Gasteiger charge is -2.22. The predicted octanol–water partition coefficient (Wildman–Crippen LogP) is 3.10. The van der Waals surface area contributed by atoms with Crippen LogP contribution in [0.5, 0.6) is 0 Å². The van der Waals surface area contributed by atoms with Gasteiger partial charge in [0, 0.05) is 18.3 Å². The van der Waals surface area contributed by atoms with E-state index in [0.29, 0.717) is 12.2 Å². The minimum atomic E-state index is -0.0848. The highest BCUT2D eigenvalue weighted by atomic mass is 16.2. The molecule has 4 aromatic rings. The average molecular weight is 358 g/mol. The summed E-state index contributed by atoms with van der Waals surface area (Å²) >= 11 is 0. The molecular weight excluding hydrogens is 340 g/mol. The van der Waals surface area contributed by atoms with Crippen LogP contribution in [0.2, 0.25) is 0 Å². The molecule has 1 unspecified atom stereocenters. The number of aromatic nitrogens is 5. The van der Waals surface area contributed by atoms with Gasteiger partial charge in [0.25, 0.3) is 5.91 Å². The second kappa shape index (κ2) is 6.35. The first-order chi connectivity index (χ1) is 13.3. The lowest BCUT2D eigenvalue weighted by atomic mass is 10.1. The van der Waals surface area contributed by atoms with Crippen molar-refractivity contribution in [1.29, 1.82) is 0 Å². The van der Waals surface area contributed by atoms with Gasteiger partial charge in [0.2, 0.25) is 0 Å². The summed E-state index contributed by atoms with van der Waals surface area (Å²) in [4.78, 5) is 15.0. The van der Waals surface area contributed by atoms with Gasteiger partial charge in [-0.15, -0.1) is 10.2 Å². The lowest BCUT2D eigenvalue weighted by molar-refractivity contribution is 0.0723. The van der Waals surface area contributed by atoms with Gasteiger partial charge in [0.15, 0.2) is 11.5 Å². The molecule has 1 saturated heterocycles. The van der Waals surface area contributed by atoms with Crippen molar-refractivity contribution in [1.82, 2.24) is 29.7 Å². The second-order valence-electron chi connectivity index (χ2n) is 6.68. The number of H-pyrrole nitrogens is 1. The molecule has 1 atom stereocenters. The van der Waals surface area contributed by atoms with Crippen molar-refractivity contribution in [3.63, 3.8) is 0 Å². The highest BCUT2D eigenvalue weighted by Crippen LogP contribution is 2.32. The minimum absolute atomic E-state index is 0.0557. The zero-order valence-electron chi connectivity index (χ0n) is 14.6. The third kappa shape index (κ3) is 2.68. The Bertz CT molecular complexity index is 1100. The van der Waals surface area contributed by atoms with E-state index in [1.807, 2.05) is 70.1 Å². The summed E-state index contributed by atoms with van der Waals surface area (Å²) in [5, 5.41) is 15.8. The second-order valence-corrected chi connectivity index (χ2v) is 6.68. The largest absolute Gasteiger partial charge is 0.327 e. The molecule has 7 heteroatoms. The predicted molar refractivity (Wildman–Crippen MR) is 100 cm³/mol. The first-order valence-electron chi connectivity index (χ1n) is 9.03. The van der Waals surface area contributed by atoms with Crippen molar-refractivity contribution in [3.05, 3.63) is 72.3 Å². The molecule has 5 rings (SSSR count). The number of carbonyl (C=O) groups excluding carboxylic acids is 1. The number of fused-ring (bicyclic) bond motifs is 1. The van der Waals surface area contributed by atoms with E-state index in [0.717, 1.165) is 35.6 Å². The standard InChI is InChI=1S/C20H18N6O/c27-20(16-13-15(21-22-16)14-7-2-1-3-8-14)25-12-6-9-17(25)19-24-23-18-10-4-5-11-26(18)19/h1-5,7-8,10-11,13,17H,6,9,12H2,(H,21,22). The summed E-state index contributed by atoms with van der Waals surface area (Å²) in [6, 6.07) is 17.3. The topological polar surface area (TPSA) is 79.2 Å². The van der Waals surface area contributed by atoms with Crippen LogP contribution in [0.25, 0.3) is 16.9 Å². The van der Waals surface area contributed by atoms with Gasteiger partial charge in [-0.1, -0.05) is 36.4 Å². The molecule has 0 radical (unpaired) electrons. The molecule has 134 valence electrons. The summed E-state index contributed by atoms with van der Waals surface area (Å²) < 4.78 is 1.96. The third-order valence-corrected chi connectivity index (χ3v) is 5.03. The molecule has 7 nitrogen and oxygen atoms in total. The summed E-state index contributed by atoms with van der Waals surface area (Å²) in [6.45, 7) is 0.699. The number of benzene rings is 1. The van der Waals surface area contributed by atoms with E-state index < -0.39 is 0 Å². The maximum atomic E-state index is 13.1. The Hall–Kier alpha value is -3.48. The fraction of sp³-hybridized carbons (Fsp3) is 0.200. The fourth-order valence-corrected chi connectivity index (χ4v) is 3.71. The van der Waals surface area contributed by atoms with Crippen LogP contribution in [0.3, 0.4) is 0 Å². The van der Waals surface area contributed by atoms with Crippen molar-refractivity contribution < 1.29 is 4.79 Å². The van der Waals surface area contributed by atoms with Crippen LogP contribution in [0, 0.1) is 0 Å². The number of nitrogens with zero attached hydrogens (tertiary/aromatic N) is 5. The number of pyridine rings is 1. The monoisotopic (exact) mass is 358 g/mol. The van der Waals surface area contributed by atoms with Gasteiger partial charge in [-0.05, 0) is 31.0 Å². The summed E-state index contributed by atoms with van der Waals surface area (Å²) in [7, 11) is 0. The maximum Gasteiger partial charge on any atom is 0.272 e. The molecule has 0 spiro atoms. The smallest absolute Gasteiger partial charge is 0.272 e. The molecule has 1 aliphatic heterocycles. The van der Waals surface area contributed by atoms with Crippen molar-refractivity contribution in [2.75, 3.05) is 6.54 Å².